The van der Waals surface area contributed by atoms with E-state index in [1.54, 1.807) is 12.1 Å². The van der Waals surface area contributed by atoms with Crippen LogP contribution in [-0.2, 0) is 38.8 Å². The quantitative estimate of drug-likeness (QED) is 0.187. The molecule has 0 spiro atoms. The first-order valence-corrected chi connectivity index (χ1v) is 14.0. The Bertz CT molecular complexity index is 1270. The van der Waals surface area contributed by atoms with E-state index in [0.717, 1.165) is 16.7 Å². The Balaban J connectivity index is 1.34. The highest BCUT2D eigenvalue weighted by Crippen LogP contribution is 2.40. The van der Waals surface area contributed by atoms with Gasteiger partial charge in [-0.1, -0.05) is 109 Å². The summed E-state index contributed by atoms with van der Waals surface area (Å²) >= 11 is 1.54. The number of carbonyl (C=O) groups excluding carboxylic acids is 1. The fourth-order valence-electron chi connectivity index (χ4n) is 4.45. The van der Waals surface area contributed by atoms with Gasteiger partial charge in [0.05, 0.1) is 37.2 Å². The van der Waals surface area contributed by atoms with Crippen LogP contribution in [-0.4, -0.2) is 35.5 Å². The first kappa shape index (κ1) is 27.2. The zero-order valence-electron chi connectivity index (χ0n) is 21.6. The number of esters is 1. The molecule has 1 fully saturated rings. The first-order chi connectivity index (χ1) is 19.3. The number of hydrogen-bond donors (Lipinski definition) is 0. The maximum atomic E-state index is 13.0. The van der Waals surface area contributed by atoms with Crippen LogP contribution in [0, 0.1) is 0 Å². The third kappa shape index (κ3) is 7.80. The zero-order valence-corrected chi connectivity index (χ0v) is 22.5. The van der Waals surface area contributed by atoms with E-state index in [1.165, 1.54) is 11.8 Å². The van der Waals surface area contributed by atoms with Crippen LogP contribution in [0.4, 0.5) is 0 Å². The number of rotatable bonds is 12. The smallest absolute Gasteiger partial charge is 0.339 e. The van der Waals surface area contributed by atoms with Gasteiger partial charge in [-0.3, -0.25) is 0 Å². The monoisotopic (exact) mass is 540 g/mol. The minimum absolute atomic E-state index is 0.0910. The lowest BCUT2D eigenvalue weighted by atomic mass is 10.1. The maximum Gasteiger partial charge on any atom is 0.339 e. The van der Waals surface area contributed by atoms with Gasteiger partial charge in [0.25, 0.3) is 0 Å². The van der Waals surface area contributed by atoms with Crippen LogP contribution in [0.5, 0.6) is 0 Å². The van der Waals surface area contributed by atoms with Gasteiger partial charge in [-0.25, -0.2) is 4.79 Å². The molecule has 0 radical (unpaired) electrons. The molecular formula is C33H32O5S. The Morgan fingerprint density at radius 3 is 1.59 bits per heavy atom. The van der Waals surface area contributed by atoms with Gasteiger partial charge in [0, 0.05) is 0 Å². The van der Waals surface area contributed by atoms with Crippen molar-refractivity contribution in [3.05, 3.63) is 144 Å². The molecule has 1 heterocycles. The Hall–Kier alpha value is -3.42. The SMILES string of the molecule is O=C(OC1S[C@H](COCc2ccccc2)[C@@H](OCc2ccccc2)[C@@H]1OCc1ccccc1)c1ccccc1. The number of thioether (sulfide) groups is 1. The van der Waals surface area contributed by atoms with E-state index in [2.05, 4.69) is 0 Å². The van der Waals surface area contributed by atoms with E-state index in [0.29, 0.717) is 32.0 Å². The molecule has 5 nitrogen and oxygen atoms in total. The molecule has 0 N–H and O–H groups in total. The van der Waals surface area contributed by atoms with Crippen molar-refractivity contribution in [2.45, 2.75) is 42.7 Å². The van der Waals surface area contributed by atoms with E-state index in [4.69, 9.17) is 18.9 Å². The molecule has 5 rings (SSSR count). The molecule has 39 heavy (non-hydrogen) atoms. The van der Waals surface area contributed by atoms with Crippen molar-refractivity contribution in [1.29, 1.82) is 0 Å². The molecular weight excluding hydrogens is 508 g/mol. The molecule has 0 amide bonds. The number of benzene rings is 4. The van der Waals surface area contributed by atoms with E-state index >= 15 is 0 Å². The summed E-state index contributed by atoms with van der Waals surface area (Å²) < 4.78 is 25.1. The van der Waals surface area contributed by atoms with E-state index in [-0.39, 0.29) is 17.3 Å². The van der Waals surface area contributed by atoms with Crippen LogP contribution < -0.4 is 0 Å². The van der Waals surface area contributed by atoms with Crippen molar-refractivity contribution < 1.29 is 23.7 Å². The Labute approximate surface area is 234 Å². The van der Waals surface area contributed by atoms with Gasteiger partial charge < -0.3 is 18.9 Å². The molecule has 1 saturated heterocycles. The van der Waals surface area contributed by atoms with Gasteiger partial charge in [-0.2, -0.15) is 0 Å². The van der Waals surface area contributed by atoms with Gasteiger partial charge in [-0.05, 0) is 28.8 Å². The summed E-state index contributed by atoms with van der Waals surface area (Å²) in [6.07, 6.45) is -0.819. The molecule has 0 aromatic heterocycles. The van der Waals surface area contributed by atoms with E-state index in [9.17, 15) is 4.79 Å². The Morgan fingerprint density at radius 2 is 1.05 bits per heavy atom. The van der Waals surface area contributed by atoms with Crippen molar-refractivity contribution >= 4 is 17.7 Å². The molecule has 0 bridgehead atoms. The minimum atomic E-state index is -0.549. The molecule has 6 heteroatoms. The van der Waals surface area contributed by atoms with Gasteiger partial charge in [-0.15, -0.1) is 11.8 Å². The lowest BCUT2D eigenvalue weighted by molar-refractivity contribution is -0.109. The summed E-state index contributed by atoms with van der Waals surface area (Å²) in [6, 6.07) is 39.2. The fourth-order valence-corrected chi connectivity index (χ4v) is 5.89. The first-order valence-electron chi connectivity index (χ1n) is 13.1. The third-order valence-electron chi connectivity index (χ3n) is 6.46. The summed E-state index contributed by atoms with van der Waals surface area (Å²) in [5.74, 6) is -0.380. The topological polar surface area (TPSA) is 54.0 Å². The molecule has 4 aromatic rings. The molecule has 1 unspecified atom stereocenters. The van der Waals surface area contributed by atoms with Crippen molar-refractivity contribution in [2.75, 3.05) is 6.61 Å². The summed E-state index contributed by atoms with van der Waals surface area (Å²) in [5, 5.41) is -0.0910. The highest BCUT2D eigenvalue weighted by Gasteiger charge is 2.48. The predicted molar refractivity (Wildman–Crippen MR) is 153 cm³/mol. The van der Waals surface area contributed by atoms with Crippen LogP contribution >= 0.6 is 11.8 Å². The highest BCUT2D eigenvalue weighted by molar-refractivity contribution is 8.00. The second-order valence-corrected chi connectivity index (χ2v) is 10.7. The normalized spacial score (nSPS) is 20.5. The summed E-state index contributed by atoms with van der Waals surface area (Å²) in [6.45, 7) is 1.73. The van der Waals surface area contributed by atoms with Gasteiger partial charge in [0.2, 0.25) is 0 Å². The van der Waals surface area contributed by atoms with Gasteiger partial charge in [0.15, 0.2) is 5.44 Å². The van der Waals surface area contributed by atoms with Crippen LogP contribution in [0.25, 0.3) is 0 Å². The summed E-state index contributed by atoms with van der Waals surface area (Å²) in [4.78, 5) is 13.0. The fraction of sp³-hybridized carbons (Fsp3) is 0.242. The molecule has 1 aliphatic rings. The van der Waals surface area contributed by atoms with Crippen molar-refractivity contribution in [1.82, 2.24) is 0 Å². The van der Waals surface area contributed by atoms with Crippen LogP contribution in [0.1, 0.15) is 27.0 Å². The molecule has 200 valence electrons. The Morgan fingerprint density at radius 1 is 0.590 bits per heavy atom. The second-order valence-electron chi connectivity index (χ2n) is 9.34. The number of carbonyl (C=O) groups is 1. The molecule has 4 atom stereocenters. The minimum Gasteiger partial charge on any atom is -0.445 e. The Kier molecular flexibility index (Phi) is 9.82. The summed E-state index contributed by atoms with van der Waals surface area (Å²) in [7, 11) is 0. The van der Waals surface area contributed by atoms with Gasteiger partial charge >= 0.3 is 5.97 Å². The van der Waals surface area contributed by atoms with Crippen molar-refractivity contribution in [3.63, 3.8) is 0 Å². The maximum absolute atomic E-state index is 13.0. The lowest BCUT2D eigenvalue weighted by Crippen LogP contribution is -2.40. The third-order valence-corrected chi connectivity index (χ3v) is 7.85. The molecule has 0 aliphatic carbocycles. The van der Waals surface area contributed by atoms with Crippen LogP contribution in [0.15, 0.2) is 121 Å². The molecule has 4 aromatic carbocycles. The lowest BCUT2D eigenvalue weighted by Gasteiger charge is -2.26. The van der Waals surface area contributed by atoms with E-state index < -0.39 is 11.5 Å². The van der Waals surface area contributed by atoms with Crippen molar-refractivity contribution in [3.8, 4) is 0 Å². The van der Waals surface area contributed by atoms with Crippen molar-refractivity contribution in [2.24, 2.45) is 0 Å². The standard InChI is InChI=1S/C33H32O5S/c34-32(28-19-11-4-12-20-28)38-33-31(37-23-27-17-9-3-10-18-27)30(36-22-26-15-7-2-8-16-26)29(39-33)24-35-21-25-13-5-1-6-14-25/h1-20,29-31,33H,21-24H2/t29-,30-,31+,33?/m1/s1. The van der Waals surface area contributed by atoms with Crippen LogP contribution in [0.3, 0.4) is 0 Å². The average Bonchev–Trinajstić information content (AvgIpc) is 3.32. The number of hydrogen-bond acceptors (Lipinski definition) is 6. The van der Waals surface area contributed by atoms with Crippen LogP contribution in [0.2, 0.25) is 0 Å². The average molecular weight is 541 g/mol. The summed E-state index contributed by atoms with van der Waals surface area (Å²) in [5.41, 5.74) is 3.17. The molecule has 0 saturated carbocycles. The zero-order chi connectivity index (χ0) is 26.7. The highest BCUT2D eigenvalue weighted by atomic mass is 32.2. The van der Waals surface area contributed by atoms with Gasteiger partial charge in [0.1, 0.15) is 12.2 Å². The predicted octanol–water partition coefficient (Wildman–Crippen LogP) is 6.67. The largest absolute Gasteiger partial charge is 0.445 e. The molecule has 1 aliphatic heterocycles. The number of ether oxygens (including phenoxy) is 4. The van der Waals surface area contributed by atoms with E-state index in [1.807, 2.05) is 109 Å². The second kappa shape index (κ2) is 14.1.